The van der Waals surface area contributed by atoms with Crippen molar-refractivity contribution in [2.24, 2.45) is 0 Å². The van der Waals surface area contributed by atoms with Gasteiger partial charge in [0.1, 0.15) is 12.2 Å². The van der Waals surface area contributed by atoms with Gasteiger partial charge in [0, 0.05) is 0 Å². The van der Waals surface area contributed by atoms with Gasteiger partial charge in [0.15, 0.2) is 5.79 Å². The number of hydrogen-bond donors (Lipinski definition) is 3. The lowest BCUT2D eigenvalue weighted by Gasteiger charge is -2.22. The zero-order chi connectivity index (χ0) is 8.86. The maximum atomic E-state index is 9.34. The van der Waals surface area contributed by atoms with Crippen LogP contribution in [-0.4, -0.2) is 38.9 Å². The van der Waals surface area contributed by atoms with Gasteiger partial charge in [-0.2, -0.15) is 0 Å². The maximum Gasteiger partial charge on any atom is 0.192 e. The summed E-state index contributed by atoms with van der Waals surface area (Å²) in [7, 11) is 0. The molecule has 4 nitrogen and oxygen atoms in total. The molecule has 3 unspecified atom stereocenters. The molecule has 4 heteroatoms. The fourth-order valence-corrected chi connectivity index (χ4v) is 1.33. The van der Waals surface area contributed by atoms with Crippen molar-refractivity contribution in [2.45, 2.75) is 44.4 Å². The molecule has 1 heterocycles. The van der Waals surface area contributed by atoms with Crippen molar-refractivity contribution in [2.75, 3.05) is 0 Å². The summed E-state index contributed by atoms with van der Waals surface area (Å²) < 4.78 is 5.02. The molecule has 0 aliphatic carbocycles. The van der Waals surface area contributed by atoms with Gasteiger partial charge in [0.05, 0.1) is 5.60 Å². The molecule has 1 aliphatic heterocycles. The summed E-state index contributed by atoms with van der Waals surface area (Å²) in [5.41, 5.74) is -0.886. The smallest absolute Gasteiger partial charge is 0.192 e. The van der Waals surface area contributed by atoms with Gasteiger partial charge in [-0.1, -0.05) is 0 Å². The third-order valence-electron chi connectivity index (χ3n) is 2.03. The Bertz CT molecular complexity index is 146. The highest BCUT2D eigenvalue weighted by molar-refractivity contribution is 4.98. The molecule has 0 radical (unpaired) electrons. The highest BCUT2D eigenvalue weighted by atomic mass is 16.7. The van der Waals surface area contributed by atoms with Crippen LogP contribution in [0.4, 0.5) is 0 Å². The zero-order valence-electron chi connectivity index (χ0n) is 6.90. The van der Waals surface area contributed by atoms with E-state index in [0.717, 1.165) is 0 Å². The van der Waals surface area contributed by atoms with Gasteiger partial charge in [-0.15, -0.1) is 0 Å². The van der Waals surface area contributed by atoms with E-state index in [2.05, 4.69) is 0 Å². The van der Waals surface area contributed by atoms with E-state index in [1.807, 2.05) is 0 Å². The van der Waals surface area contributed by atoms with Crippen LogP contribution in [0.1, 0.15) is 20.8 Å². The van der Waals surface area contributed by atoms with Crippen LogP contribution in [-0.2, 0) is 4.74 Å². The monoisotopic (exact) mass is 162 g/mol. The highest BCUT2D eigenvalue weighted by Gasteiger charge is 2.54. The van der Waals surface area contributed by atoms with E-state index < -0.39 is 23.6 Å². The molecular weight excluding hydrogens is 148 g/mol. The second-order valence-corrected chi connectivity index (χ2v) is 3.65. The van der Waals surface area contributed by atoms with Gasteiger partial charge in [-0.3, -0.25) is 0 Å². The number of rotatable bonds is 0. The van der Waals surface area contributed by atoms with Gasteiger partial charge < -0.3 is 20.1 Å². The molecule has 0 saturated carbocycles. The van der Waals surface area contributed by atoms with Crippen molar-refractivity contribution in [1.29, 1.82) is 0 Å². The van der Waals surface area contributed by atoms with Gasteiger partial charge >= 0.3 is 0 Å². The van der Waals surface area contributed by atoms with Crippen molar-refractivity contribution < 1.29 is 20.1 Å². The number of aliphatic hydroxyl groups excluding tert-OH is 2. The number of ether oxygens (including phenoxy) is 1. The van der Waals surface area contributed by atoms with Crippen molar-refractivity contribution in [3.8, 4) is 0 Å². The molecule has 0 spiro atoms. The van der Waals surface area contributed by atoms with Crippen molar-refractivity contribution >= 4 is 0 Å². The Morgan fingerprint density at radius 2 is 1.55 bits per heavy atom. The van der Waals surface area contributed by atoms with Crippen LogP contribution in [0, 0.1) is 0 Å². The van der Waals surface area contributed by atoms with E-state index in [9.17, 15) is 15.3 Å². The van der Waals surface area contributed by atoms with Crippen LogP contribution < -0.4 is 0 Å². The SMILES string of the molecule is CC1(C)OC(C)(O)C(O)C1O. The Morgan fingerprint density at radius 3 is 1.64 bits per heavy atom. The third-order valence-corrected chi connectivity index (χ3v) is 2.03. The van der Waals surface area contributed by atoms with Gasteiger partial charge in [-0.25, -0.2) is 0 Å². The predicted octanol–water partition coefficient (Wildman–Crippen LogP) is -0.774. The first-order chi connectivity index (χ1) is 4.77. The minimum atomic E-state index is -1.64. The van der Waals surface area contributed by atoms with Crippen LogP contribution in [0.5, 0.6) is 0 Å². The van der Waals surface area contributed by atoms with E-state index in [-0.39, 0.29) is 0 Å². The summed E-state index contributed by atoms with van der Waals surface area (Å²) in [6, 6.07) is 0. The summed E-state index contributed by atoms with van der Waals surface area (Å²) in [6.45, 7) is 4.56. The summed E-state index contributed by atoms with van der Waals surface area (Å²) in [5, 5.41) is 27.9. The molecule has 11 heavy (non-hydrogen) atoms. The van der Waals surface area contributed by atoms with Crippen LogP contribution >= 0.6 is 0 Å². The minimum absolute atomic E-state index is 0.886. The molecule has 3 atom stereocenters. The van der Waals surface area contributed by atoms with E-state index in [1.54, 1.807) is 13.8 Å². The Hall–Kier alpha value is -0.160. The molecule has 0 aromatic heterocycles. The molecule has 0 aromatic carbocycles. The highest BCUT2D eigenvalue weighted by Crippen LogP contribution is 2.35. The Balaban J connectivity index is 2.86. The van der Waals surface area contributed by atoms with Gasteiger partial charge in [0.25, 0.3) is 0 Å². The van der Waals surface area contributed by atoms with E-state index in [0.29, 0.717) is 0 Å². The average molecular weight is 162 g/mol. The summed E-state index contributed by atoms with van der Waals surface area (Å²) in [4.78, 5) is 0. The molecule has 0 aromatic rings. The van der Waals surface area contributed by atoms with Crippen LogP contribution in [0.15, 0.2) is 0 Å². The lowest BCUT2D eigenvalue weighted by molar-refractivity contribution is -0.230. The van der Waals surface area contributed by atoms with E-state index >= 15 is 0 Å². The summed E-state index contributed by atoms with van der Waals surface area (Å²) in [6.07, 6.45) is -2.28. The normalized spacial score (nSPS) is 49.6. The largest absolute Gasteiger partial charge is 0.387 e. The first-order valence-corrected chi connectivity index (χ1v) is 3.56. The number of hydrogen-bond acceptors (Lipinski definition) is 4. The maximum absolute atomic E-state index is 9.34. The zero-order valence-corrected chi connectivity index (χ0v) is 6.90. The minimum Gasteiger partial charge on any atom is -0.387 e. The molecule has 0 amide bonds. The lowest BCUT2D eigenvalue weighted by atomic mass is 9.98. The fourth-order valence-electron chi connectivity index (χ4n) is 1.33. The Morgan fingerprint density at radius 1 is 1.09 bits per heavy atom. The quantitative estimate of drug-likeness (QED) is 0.437. The predicted molar refractivity (Wildman–Crippen MR) is 37.8 cm³/mol. The summed E-state index contributed by atoms with van der Waals surface area (Å²) >= 11 is 0. The molecule has 1 rings (SSSR count). The standard InChI is InChI=1S/C7H14O4/c1-6(2)4(8)5(9)7(3,10)11-6/h4-5,8-10H,1-3H3. The first kappa shape index (κ1) is 8.93. The molecule has 66 valence electrons. The Labute approximate surface area is 65.4 Å². The molecule has 1 saturated heterocycles. The average Bonchev–Trinajstić information content (AvgIpc) is 1.91. The van der Waals surface area contributed by atoms with Crippen LogP contribution in [0.2, 0.25) is 0 Å². The van der Waals surface area contributed by atoms with E-state index in [4.69, 9.17) is 4.74 Å². The van der Waals surface area contributed by atoms with E-state index in [1.165, 1.54) is 6.92 Å². The molecule has 3 N–H and O–H groups in total. The van der Waals surface area contributed by atoms with Crippen molar-refractivity contribution in [3.05, 3.63) is 0 Å². The fraction of sp³-hybridized carbons (Fsp3) is 1.00. The molecule has 1 fully saturated rings. The third kappa shape index (κ3) is 1.27. The Kier molecular flexibility index (Phi) is 1.76. The molecule has 1 aliphatic rings. The topological polar surface area (TPSA) is 69.9 Å². The first-order valence-electron chi connectivity index (χ1n) is 3.56. The summed E-state index contributed by atoms with van der Waals surface area (Å²) in [5.74, 6) is -1.64. The van der Waals surface area contributed by atoms with Gasteiger partial charge in [-0.05, 0) is 20.8 Å². The van der Waals surface area contributed by atoms with Crippen LogP contribution in [0.3, 0.4) is 0 Å². The number of aliphatic hydroxyl groups is 3. The molecule has 0 bridgehead atoms. The van der Waals surface area contributed by atoms with Gasteiger partial charge in [0.2, 0.25) is 0 Å². The van der Waals surface area contributed by atoms with Crippen molar-refractivity contribution in [3.63, 3.8) is 0 Å². The second-order valence-electron chi connectivity index (χ2n) is 3.65. The molecular formula is C7H14O4. The lowest BCUT2D eigenvalue weighted by Crippen LogP contribution is -2.41. The van der Waals surface area contributed by atoms with Crippen LogP contribution in [0.25, 0.3) is 0 Å². The van der Waals surface area contributed by atoms with Crippen molar-refractivity contribution in [1.82, 2.24) is 0 Å². The second kappa shape index (κ2) is 2.17.